The van der Waals surface area contributed by atoms with Gasteiger partial charge in [-0.25, -0.2) is 0 Å². The van der Waals surface area contributed by atoms with Crippen molar-refractivity contribution in [3.8, 4) is 0 Å². The third kappa shape index (κ3) is 4.07. The Morgan fingerprint density at radius 1 is 1.43 bits per heavy atom. The molecule has 1 saturated heterocycles. The van der Waals surface area contributed by atoms with Gasteiger partial charge in [-0.15, -0.1) is 0 Å². The Morgan fingerprint density at radius 2 is 2.19 bits per heavy atom. The number of halogens is 3. The maximum atomic E-state index is 12.8. The van der Waals surface area contributed by atoms with E-state index < -0.39 is 22.4 Å². The molecule has 5 nitrogen and oxygen atoms in total. The molecule has 0 saturated carbocycles. The molecule has 0 bridgehead atoms. The summed E-state index contributed by atoms with van der Waals surface area (Å²) in [7, 11) is 0. The third-order valence-corrected chi connectivity index (χ3v) is 3.54. The van der Waals surface area contributed by atoms with Gasteiger partial charge in [0.2, 0.25) is 0 Å². The van der Waals surface area contributed by atoms with Crippen molar-refractivity contribution in [2.24, 2.45) is 5.92 Å². The molecule has 1 atom stereocenters. The van der Waals surface area contributed by atoms with Gasteiger partial charge in [-0.2, -0.15) is 13.2 Å². The molecule has 8 heteroatoms. The predicted molar refractivity (Wildman–Crippen MR) is 72.2 cm³/mol. The second-order valence-corrected chi connectivity index (χ2v) is 5.06. The van der Waals surface area contributed by atoms with Crippen LogP contribution in [0.15, 0.2) is 18.2 Å². The van der Waals surface area contributed by atoms with Crippen molar-refractivity contribution in [1.29, 1.82) is 0 Å². The maximum Gasteiger partial charge on any atom is 0.423 e. The summed E-state index contributed by atoms with van der Waals surface area (Å²) < 4.78 is 38.4. The highest BCUT2D eigenvalue weighted by Crippen LogP contribution is 2.37. The smallest absolute Gasteiger partial charge is 0.385 e. The minimum atomic E-state index is -4.74. The standard InChI is InChI=1S/C13H16F3N3O2/c14-13(15,16)11-7-10(1-2-12(11)19(20)21)18-6-4-9-3-5-17-8-9/h1-2,7,9,17-18H,3-6,8H2. The number of hydrogen-bond acceptors (Lipinski definition) is 4. The minimum absolute atomic E-state index is 0.249. The minimum Gasteiger partial charge on any atom is -0.385 e. The molecule has 1 aliphatic heterocycles. The van der Waals surface area contributed by atoms with Crippen LogP contribution in [-0.4, -0.2) is 24.6 Å². The lowest BCUT2D eigenvalue weighted by Crippen LogP contribution is -2.14. The largest absolute Gasteiger partial charge is 0.423 e. The maximum absolute atomic E-state index is 12.8. The second-order valence-electron chi connectivity index (χ2n) is 5.06. The molecule has 0 radical (unpaired) electrons. The lowest BCUT2D eigenvalue weighted by molar-refractivity contribution is -0.388. The SMILES string of the molecule is O=[N+]([O-])c1ccc(NCCC2CCNC2)cc1C(F)(F)F. The number of nitro benzene ring substituents is 1. The predicted octanol–water partition coefficient (Wildman–Crippen LogP) is 3.03. The van der Waals surface area contributed by atoms with Crippen molar-refractivity contribution in [2.45, 2.75) is 19.0 Å². The van der Waals surface area contributed by atoms with Crippen LogP contribution in [0.4, 0.5) is 24.5 Å². The zero-order chi connectivity index (χ0) is 15.5. The van der Waals surface area contributed by atoms with E-state index in [-0.39, 0.29) is 5.69 Å². The number of nitrogens with zero attached hydrogens (tertiary/aromatic N) is 1. The quantitative estimate of drug-likeness (QED) is 0.648. The molecule has 0 aromatic heterocycles. The van der Waals surface area contributed by atoms with Crippen molar-refractivity contribution >= 4 is 11.4 Å². The van der Waals surface area contributed by atoms with Gasteiger partial charge in [0.15, 0.2) is 0 Å². The van der Waals surface area contributed by atoms with Crippen molar-refractivity contribution in [2.75, 3.05) is 25.0 Å². The Morgan fingerprint density at radius 3 is 2.76 bits per heavy atom. The second kappa shape index (κ2) is 6.30. The normalized spacial score (nSPS) is 18.7. The summed E-state index contributed by atoms with van der Waals surface area (Å²) >= 11 is 0. The Balaban J connectivity index is 2.04. The van der Waals surface area contributed by atoms with E-state index in [1.54, 1.807) is 0 Å². The molecule has 116 valence electrons. The van der Waals surface area contributed by atoms with Gasteiger partial charge in [0.05, 0.1) is 4.92 Å². The van der Waals surface area contributed by atoms with Gasteiger partial charge in [-0.1, -0.05) is 0 Å². The van der Waals surface area contributed by atoms with E-state index in [1.807, 2.05) is 0 Å². The molecule has 0 aliphatic carbocycles. The molecule has 1 heterocycles. The Labute approximate surface area is 119 Å². The number of anilines is 1. The Hall–Kier alpha value is -1.83. The topological polar surface area (TPSA) is 67.2 Å². The summed E-state index contributed by atoms with van der Waals surface area (Å²) in [5, 5.41) is 16.8. The van der Waals surface area contributed by atoms with Gasteiger partial charge in [0, 0.05) is 18.3 Å². The highest BCUT2D eigenvalue weighted by atomic mass is 19.4. The van der Waals surface area contributed by atoms with Crippen LogP contribution in [-0.2, 0) is 6.18 Å². The molecule has 0 amide bonds. The van der Waals surface area contributed by atoms with Gasteiger partial charge >= 0.3 is 6.18 Å². The molecule has 0 spiro atoms. The van der Waals surface area contributed by atoms with Crippen molar-refractivity contribution < 1.29 is 18.1 Å². The average molecular weight is 303 g/mol. The first-order valence-electron chi connectivity index (χ1n) is 6.68. The van der Waals surface area contributed by atoms with E-state index in [1.165, 1.54) is 6.07 Å². The lowest BCUT2D eigenvalue weighted by atomic mass is 10.1. The van der Waals surface area contributed by atoms with Crippen molar-refractivity contribution in [1.82, 2.24) is 5.32 Å². The van der Waals surface area contributed by atoms with Gasteiger partial charge in [0.1, 0.15) is 5.56 Å². The number of benzene rings is 1. The fourth-order valence-electron chi connectivity index (χ4n) is 2.41. The summed E-state index contributed by atoms with van der Waals surface area (Å²) in [6.45, 7) is 2.44. The Kier molecular flexibility index (Phi) is 4.66. The summed E-state index contributed by atoms with van der Waals surface area (Å²) in [6, 6.07) is 2.99. The van der Waals surface area contributed by atoms with Gasteiger partial charge in [-0.3, -0.25) is 10.1 Å². The van der Waals surface area contributed by atoms with Crippen LogP contribution in [0.25, 0.3) is 0 Å². The zero-order valence-electron chi connectivity index (χ0n) is 11.2. The fraction of sp³-hybridized carbons (Fsp3) is 0.538. The Bertz CT molecular complexity index is 514. The molecule has 1 aliphatic rings. The number of nitrogens with one attached hydrogen (secondary N) is 2. The van der Waals surface area contributed by atoms with Crippen molar-refractivity contribution in [3.05, 3.63) is 33.9 Å². The first-order chi connectivity index (χ1) is 9.88. The molecular weight excluding hydrogens is 287 g/mol. The van der Waals surface area contributed by atoms with Gasteiger partial charge in [-0.05, 0) is 44.0 Å². The first kappa shape index (κ1) is 15.6. The first-order valence-corrected chi connectivity index (χ1v) is 6.68. The van der Waals surface area contributed by atoms with Crippen LogP contribution < -0.4 is 10.6 Å². The number of rotatable bonds is 5. The van der Waals surface area contributed by atoms with E-state index in [0.29, 0.717) is 12.5 Å². The fourth-order valence-corrected chi connectivity index (χ4v) is 2.41. The van der Waals surface area contributed by atoms with Crippen LogP contribution in [0.5, 0.6) is 0 Å². The number of alkyl halides is 3. The number of hydrogen-bond donors (Lipinski definition) is 2. The van der Waals surface area contributed by atoms with E-state index in [2.05, 4.69) is 10.6 Å². The van der Waals surface area contributed by atoms with Crippen molar-refractivity contribution in [3.63, 3.8) is 0 Å². The average Bonchev–Trinajstić information content (AvgIpc) is 2.90. The molecule has 2 rings (SSSR count). The monoisotopic (exact) mass is 303 g/mol. The number of nitro groups is 1. The zero-order valence-corrected chi connectivity index (χ0v) is 11.2. The van der Waals surface area contributed by atoms with Crippen LogP contribution >= 0.6 is 0 Å². The summed E-state index contributed by atoms with van der Waals surface area (Å²) in [5.74, 6) is 0.526. The van der Waals surface area contributed by atoms with E-state index in [0.717, 1.165) is 38.1 Å². The lowest BCUT2D eigenvalue weighted by Gasteiger charge is -2.13. The molecular formula is C13H16F3N3O2. The van der Waals surface area contributed by atoms with Gasteiger partial charge in [0.25, 0.3) is 5.69 Å². The third-order valence-electron chi connectivity index (χ3n) is 3.54. The highest BCUT2D eigenvalue weighted by Gasteiger charge is 2.38. The van der Waals surface area contributed by atoms with Crippen LogP contribution in [0.2, 0.25) is 0 Å². The molecule has 1 unspecified atom stereocenters. The van der Waals surface area contributed by atoms with Crippen LogP contribution in [0, 0.1) is 16.0 Å². The van der Waals surface area contributed by atoms with Crippen LogP contribution in [0.3, 0.4) is 0 Å². The molecule has 21 heavy (non-hydrogen) atoms. The summed E-state index contributed by atoms with van der Waals surface area (Å²) in [4.78, 5) is 9.63. The van der Waals surface area contributed by atoms with E-state index in [9.17, 15) is 23.3 Å². The molecule has 1 fully saturated rings. The highest BCUT2D eigenvalue weighted by molar-refractivity contribution is 5.55. The van der Waals surface area contributed by atoms with Crippen LogP contribution in [0.1, 0.15) is 18.4 Å². The molecule has 1 aromatic carbocycles. The van der Waals surface area contributed by atoms with Gasteiger partial charge < -0.3 is 10.6 Å². The summed E-state index contributed by atoms with van der Waals surface area (Å²) in [6.07, 6.45) is -2.82. The van der Waals surface area contributed by atoms with E-state index in [4.69, 9.17) is 0 Å². The molecule has 2 N–H and O–H groups in total. The summed E-state index contributed by atoms with van der Waals surface area (Å²) in [5.41, 5.74) is -1.90. The van der Waals surface area contributed by atoms with E-state index >= 15 is 0 Å². The molecule has 1 aromatic rings.